The van der Waals surface area contributed by atoms with E-state index in [-0.39, 0.29) is 23.3 Å². The summed E-state index contributed by atoms with van der Waals surface area (Å²) >= 11 is 0. The van der Waals surface area contributed by atoms with E-state index in [4.69, 9.17) is 10.00 Å². The maximum Gasteiger partial charge on any atom is 0.264 e. The number of carbonyl (C=O) groups is 1. The van der Waals surface area contributed by atoms with Crippen molar-refractivity contribution in [2.75, 3.05) is 30.6 Å². The molecule has 8 heteroatoms. The van der Waals surface area contributed by atoms with Crippen molar-refractivity contribution in [2.24, 2.45) is 0 Å². The maximum atomic E-state index is 13.4. The number of anilines is 1. The molecule has 7 nitrogen and oxygen atoms in total. The van der Waals surface area contributed by atoms with Crippen molar-refractivity contribution in [3.8, 4) is 6.07 Å². The Morgan fingerprint density at radius 2 is 1.94 bits per heavy atom. The molecule has 0 unspecified atom stereocenters. The SMILES string of the molecule is N#CCCN(C(=O)c1cccc(S(=O)(=O)N2CCc3ccccc32)c1)C1CCOCC1. The molecule has 1 saturated heterocycles. The van der Waals surface area contributed by atoms with Gasteiger partial charge in [-0.25, -0.2) is 8.42 Å². The molecule has 0 radical (unpaired) electrons. The molecule has 2 heterocycles. The number of sulfonamides is 1. The normalized spacial score (nSPS) is 16.5. The van der Waals surface area contributed by atoms with Gasteiger partial charge in [0, 0.05) is 37.9 Å². The van der Waals surface area contributed by atoms with E-state index in [2.05, 4.69) is 6.07 Å². The molecule has 2 aromatic carbocycles. The summed E-state index contributed by atoms with van der Waals surface area (Å²) in [5, 5.41) is 9.02. The van der Waals surface area contributed by atoms with E-state index in [9.17, 15) is 13.2 Å². The minimum atomic E-state index is -3.79. The minimum Gasteiger partial charge on any atom is -0.381 e. The Kier molecular flexibility index (Phi) is 6.25. The van der Waals surface area contributed by atoms with Gasteiger partial charge in [-0.05, 0) is 49.1 Å². The fraction of sp³-hybridized carbons (Fsp3) is 0.391. The number of nitriles is 1. The lowest BCUT2D eigenvalue weighted by atomic mass is 10.0. The Bertz CT molecular complexity index is 1100. The molecule has 31 heavy (non-hydrogen) atoms. The predicted octanol–water partition coefficient (Wildman–Crippen LogP) is 2.97. The number of carbonyl (C=O) groups excluding carboxylic acids is 1. The van der Waals surface area contributed by atoms with Gasteiger partial charge in [-0.2, -0.15) is 5.26 Å². The third-order valence-corrected chi connectivity index (χ3v) is 7.68. The molecule has 0 N–H and O–H groups in total. The first-order valence-electron chi connectivity index (χ1n) is 10.5. The standard InChI is InChI=1S/C23H25N3O4S/c24-12-4-13-25(20-10-15-30-16-11-20)23(27)19-6-3-7-21(17-19)31(28,29)26-14-9-18-5-1-2-8-22(18)26/h1-3,5-8,17,20H,4,9-11,13-16H2. The summed E-state index contributed by atoms with van der Waals surface area (Å²) in [7, 11) is -3.79. The third-order valence-electron chi connectivity index (χ3n) is 5.87. The van der Waals surface area contributed by atoms with E-state index in [1.807, 2.05) is 24.3 Å². The van der Waals surface area contributed by atoms with Crippen LogP contribution in [0.25, 0.3) is 0 Å². The number of hydrogen-bond donors (Lipinski definition) is 0. The summed E-state index contributed by atoms with van der Waals surface area (Å²) in [6.45, 7) is 1.85. The molecule has 2 aromatic rings. The second-order valence-electron chi connectivity index (χ2n) is 7.73. The second-order valence-corrected chi connectivity index (χ2v) is 9.60. The second kappa shape index (κ2) is 9.08. The van der Waals surface area contributed by atoms with Gasteiger partial charge in [-0.15, -0.1) is 0 Å². The highest BCUT2D eigenvalue weighted by molar-refractivity contribution is 7.92. The molecule has 1 amide bonds. The number of amides is 1. The van der Waals surface area contributed by atoms with E-state index in [1.165, 1.54) is 16.4 Å². The average Bonchev–Trinajstić information content (AvgIpc) is 3.25. The molecule has 0 atom stereocenters. The van der Waals surface area contributed by atoms with Crippen LogP contribution in [-0.4, -0.2) is 51.6 Å². The first-order chi connectivity index (χ1) is 15.0. The summed E-state index contributed by atoms with van der Waals surface area (Å²) in [5.41, 5.74) is 2.01. The third kappa shape index (κ3) is 4.29. The molecule has 0 spiro atoms. The monoisotopic (exact) mass is 439 g/mol. The van der Waals surface area contributed by atoms with Gasteiger partial charge in [-0.1, -0.05) is 24.3 Å². The summed E-state index contributed by atoms with van der Waals surface area (Å²) < 4.78 is 33.5. The van der Waals surface area contributed by atoms with Gasteiger partial charge in [0.05, 0.1) is 23.1 Å². The lowest BCUT2D eigenvalue weighted by Gasteiger charge is -2.34. The summed E-state index contributed by atoms with van der Waals surface area (Å²) in [6, 6.07) is 15.8. The number of hydrogen-bond acceptors (Lipinski definition) is 5. The molecular formula is C23H25N3O4S. The van der Waals surface area contributed by atoms with Crippen LogP contribution in [0, 0.1) is 11.3 Å². The van der Waals surface area contributed by atoms with E-state index < -0.39 is 10.0 Å². The first-order valence-corrected chi connectivity index (χ1v) is 11.9. The molecular weight excluding hydrogens is 414 g/mol. The summed E-state index contributed by atoms with van der Waals surface area (Å²) in [6.07, 6.45) is 2.31. The molecule has 2 aliphatic heterocycles. The Labute approximate surface area is 182 Å². The molecule has 0 bridgehead atoms. The smallest absolute Gasteiger partial charge is 0.264 e. The number of benzene rings is 2. The van der Waals surface area contributed by atoms with Crippen molar-refractivity contribution < 1.29 is 17.9 Å². The first kappa shape index (κ1) is 21.3. The van der Waals surface area contributed by atoms with Gasteiger partial charge in [0.2, 0.25) is 0 Å². The average molecular weight is 440 g/mol. The van der Waals surface area contributed by atoms with Crippen LogP contribution in [0.2, 0.25) is 0 Å². The van der Waals surface area contributed by atoms with Crippen LogP contribution in [0.3, 0.4) is 0 Å². The van der Waals surface area contributed by atoms with Gasteiger partial charge in [-0.3, -0.25) is 9.10 Å². The fourth-order valence-electron chi connectivity index (χ4n) is 4.26. The van der Waals surface area contributed by atoms with Crippen LogP contribution < -0.4 is 4.31 Å². The number of ether oxygens (including phenoxy) is 1. The predicted molar refractivity (Wildman–Crippen MR) is 116 cm³/mol. The van der Waals surface area contributed by atoms with Crippen molar-refractivity contribution in [1.82, 2.24) is 4.90 Å². The van der Waals surface area contributed by atoms with Crippen LogP contribution in [0.4, 0.5) is 5.69 Å². The number of fused-ring (bicyclic) bond motifs is 1. The van der Waals surface area contributed by atoms with Crippen LogP contribution in [-0.2, 0) is 21.2 Å². The molecule has 2 aliphatic rings. The Morgan fingerprint density at radius 3 is 2.71 bits per heavy atom. The molecule has 0 saturated carbocycles. The topological polar surface area (TPSA) is 90.7 Å². The van der Waals surface area contributed by atoms with E-state index >= 15 is 0 Å². The Morgan fingerprint density at radius 1 is 1.16 bits per heavy atom. The highest BCUT2D eigenvalue weighted by atomic mass is 32.2. The highest BCUT2D eigenvalue weighted by Crippen LogP contribution is 2.33. The van der Waals surface area contributed by atoms with E-state index in [0.717, 1.165) is 5.56 Å². The zero-order valence-electron chi connectivity index (χ0n) is 17.2. The number of para-hydroxylation sites is 1. The van der Waals surface area contributed by atoms with Crippen LogP contribution in [0.1, 0.15) is 35.2 Å². The summed E-state index contributed by atoms with van der Waals surface area (Å²) in [4.78, 5) is 15.1. The fourth-order valence-corrected chi connectivity index (χ4v) is 5.81. The molecule has 4 rings (SSSR count). The van der Waals surface area contributed by atoms with Gasteiger partial charge in [0.15, 0.2) is 0 Å². The Balaban J connectivity index is 1.62. The van der Waals surface area contributed by atoms with Gasteiger partial charge < -0.3 is 9.64 Å². The zero-order chi connectivity index (χ0) is 21.8. The van der Waals surface area contributed by atoms with Crippen LogP contribution in [0.5, 0.6) is 0 Å². The zero-order valence-corrected chi connectivity index (χ0v) is 18.1. The van der Waals surface area contributed by atoms with E-state index in [1.54, 1.807) is 17.0 Å². The van der Waals surface area contributed by atoms with Crippen molar-refractivity contribution in [3.63, 3.8) is 0 Å². The summed E-state index contributed by atoms with van der Waals surface area (Å²) in [5.74, 6) is -0.249. The maximum absolute atomic E-state index is 13.4. The lowest BCUT2D eigenvalue weighted by molar-refractivity contribution is 0.0296. The molecule has 162 valence electrons. The number of nitrogens with zero attached hydrogens (tertiary/aromatic N) is 3. The van der Waals surface area contributed by atoms with Crippen LogP contribution >= 0.6 is 0 Å². The highest BCUT2D eigenvalue weighted by Gasteiger charge is 2.32. The van der Waals surface area contributed by atoms with Crippen molar-refractivity contribution in [3.05, 3.63) is 59.7 Å². The van der Waals surface area contributed by atoms with Gasteiger partial charge in [0.1, 0.15) is 0 Å². The largest absolute Gasteiger partial charge is 0.381 e. The van der Waals surface area contributed by atoms with Crippen LogP contribution in [0.15, 0.2) is 53.4 Å². The number of rotatable bonds is 6. The van der Waals surface area contributed by atoms with Crippen molar-refractivity contribution >= 4 is 21.6 Å². The van der Waals surface area contributed by atoms with Crippen molar-refractivity contribution in [1.29, 1.82) is 5.26 Å². The van der Waals surface area contributed by atoms with Gasteiger partial charge in [0.25, 0.3) is 15.9 Å². The molecule has 0 aromatic heterocycles. The molecule has 1 fully saturated rings. The Hall–Kier alpha value is -2.89. The molecule has 0 aliphatic carbocycles. The van der Waals surface area contributed by atoms with Crippen molar-refractivity contribution in [2.45, 2.75) is 36.6 Å². The van der Waals surface area contributed by atoms with Gasteiger partial charge >= 0.3 is 0 Å². The quantitative estimate of drug-likeness (QED) is 0.690. The lowest BCUT2D eigenvalue weighted by Crippen LogP contribution is -2.44. The van der Waals surface area contributed by atoms with E-state index in [0.29, 0.717) is 56.8 Å². The minimum absolute atomic E-state index is 0.0136.